The smallest absolute Gasteiger partial charge is 0.339 e. The molecule has 2 amide bonds. The van der Waals surface area contributed by atoms with Crippen molar-refractivity contribution in [3.63, 3.8) is 0 Å². The fraction of sp³-hybridized carbons (Fsp3) is 0.250. The predicted octanol–water partition coefficient (Wildman–Crippen LogP) is 1.21. The van der Waals surface area contributed by atoms with Crippen LogP contribution < -0.4 is 5.73 Å². The molecule has 2 aliphatic heterocycles. The minimum Gasteiger partial charge on any atom is -0.448 e. The summed E-state index contributed by atoms with van der Waals surface area (Å²) in [6.07, 6.45) is -0.275. The maximum atomic E-state index is 13.1. The van der Waals surface area contributed by atoms with Gasteiger partial charge in [-0.15, -0.1) is 0 Å². The van der Waals surface area contributed by atoms with E-state index in [0.29, 0.717) is 18.4 Å². The van der Waals surface area contributed by atoms with E-state index < -0.39 is 24.0 Å². The molecule has 2 N–H and O–H groups in total. The summed E-state index contributed by atoms with van der Waals surface area (Å²) in [5.41, 5.74) is 8.78. The standard InChI is InChI=1S/C20H18N2O4/c21-18(23)16-9-12-5-1-2-7-14(12)11-22(16)19(24)17-10-13-6-3-4-8-15(13)20(25)26-17/h1-8,16-17H,9-11H2,(H2,21,23). The van der Waals surface area contributed by atoms with Gasteiger partial charge in [0, 0.05) is 19.4 Å². The molecule has 2 atom stereocenters. The lowest BCUT2D eigenvalue weighted by molar-refractivity contribution is -0.148. The zero-order valence-corrected chi connectivity index (χ0v) is 14.1. The number of primary amides is 1. The number of nitrogens with zero attached hydrogens (tertiary/aromatic N) is 1. The third kappa shape index (κ3) is 2.73. The van der Waals surface area contributed by atoms with Crippen LogP contribution in [0, 0.1) is 0 Å². The van der Waals surface area contributed by atoms with Crippen molar-refractivity contribution in [2.45, 2.75) is 31.5 Å². The fourth-order valence-electron chi connectivity index (χ4n) is 3.66. The first kappa shape index (κ1) is 16.3. The maximum absolute atomic E-state index is 13.1. The lowest BCUT2D eigenvalue weighted by Crippen LogP contribution is -2.55. The third-order valence-corrected chi connectivity index (χ3v) is 5.03. The molecular weight excluding hydrogens is 332 g/mol. The molecule has 2 aromatic rings. The molecule has 0 saturated carbocycles. The normalized spacial score (nSPS) is 21.4. The van der Waals surface area contributed by atoms with Gasteiger partial charge in [-0.05, 0) is 22.8 Å². The van der Waals surface area contributed by atoms with Gasteiger partial charge in [0.1, 0.15) is 6.04 Å². The number of fused-ring (bicyclic) bond motifs is 2. The van der Waals surface area contributed by atoms with Crippen LogP contribution in [0.3, 0.4) is 0 Å². The Morgan fingerprint density at radius 2 is 1.62 bits per heavy atom. The van der Waals surface area contributed by atoms with E-state index in [1.807, 2.05) is 36.4 Å². The summed E-state index contributed by atoms with van der Waals surface area (Å²) in [5.74, 6) is -1.46. The zero-order chi connectivity index (χ0) is 18.3. The number of cyclic esters (lactones) is 1. The van der Waals surface area contributed by atoms with Gasteiger partial charge in [0.2, 0.25) is 5.91 Å². The summed E-state index contributed by atoms with van der Waals surface area (Å²) in [6, 6.07) is 14.0. The summed E-state index contributed by atoms with van der Waals surface area (Å²) >= 11 is 0. The van der Waals surface area contributed by atoms with Gasteiger partial charge >= 0.3 is 5.97 Å². The lowest BCUT2D eigenvalue weighted by Gasteiger charge is -2.37. The molecule has 0 aromatic heterocycles. The summed E-state index contributed by atoms with van der Waals surface area (Å²) in [6.45, 7) is 0.276. The van der Waals surface area contributed by atoms with Crippen LogP contribution in [-0.4, -0.2) is 34.8 Å². The molecule has 0 bridgehead atoms. The molecule has 0 spiro atoms. The first-order chi connectivity index (χ1) is 12.5. The first-order valence-electron chi connectivity index (χ1n) is 8.50. The zero-order valence-electron chi connectivity index (χ0n) is 14.1. The van der Waals surface area contributed by atoms with Crippen LogP contribution in [0.1, 0.15) is 27.0 Å². The number of rotatable bonds is 2. The number of carbonyl (C=O) groups excluding carboxylic acids is 3. The molecule has 132 valence electrons. The number of carbonyl (C=O) groups is 3. The van der Waals surface area contributed by atoms with Crippen LogP contribution in [0.5, 0.6) is 0 Å². The monoisotopic (exact) mass is 350 g/mol. The van der Waals surface area contributed by atoms with Gasteiger partial charge < -0.3 is 15.4 Å². The number of benzene rings is 2. The van der Waals surface area contributed by atoms with Crippen molar-refractivity contribution in [2.24, 2.45) is 5.73 Å². The van der Waals surface area contributed by atoms with E-state index in [4.69, 9.17) is 10.5 Å². The van der Waals surface area contributed by atoms with Crippen molar-refractivity contribution < 1.29 is 19.1 Å². The van der Waals surface area contributed by atoms with E-state index in [1.54, 1.807) is 12.1 Å². The summed E-state index contributed by atoms with van der Waals surface area (Å²) < 4.78 is 5.36. The maximum Gasteiger partial charge on any atom is 0.339 e. The van der Waals surface area contributed by atoms with Gasteiger partial charge in [0.05, 0.1) is 5.56 Å². The van der Waals surface area contributed by atoms with E-state index in [0.717, 1.165) is 16.7 Å². The van der Waals surface area contributed by atoms with Crippen LogP contribution in [0.25, 0.3) is 0 Å². The van der Waals surface area contributed by atoms with Crippen molar-refractivity contribution in [1.29, 1.82) is 0 Å². The van der Waals surface area contributed by atoms with Gasteiger partial charge in [-0.1, -0.05) is 42.5 Å². The summed E-state index contributed by atoms with van der Waals surface area (Å²) in [7, 11) is 0. The Bertz CT molecular complexity index is 908. The Balaban J connectivity index is 1.63. The Hall–Kier alpha value is -3.15. The summed E-state index contributed by atoms with van der Waals surface area (Å²) in [5, 5.41) is 0. The van der Waals surface area contributed by atoms with Gasteiger partial charge in [0.25, 0.3) is 5.91 Å². The molecular formula is C20H18N2O4. The molecule has 2 aliphatic rings. The van der Waals surface area contributed by atoms with Gasteiger partial charge in [-0.2, -0.15) is 0 Å². The van der Waals surface area contributed by atoms with Crippen molar-refractivity contribution in [2.75, 3.05) is 0 Å². The van der Waals surface area contributed by atoms with E-state index in [9.17, 15) is 14.4 Å². The highest BCUT2D eigenvalue weighted by molar-refractivity contribution is 5.97. The fourth-order valence-corrected chi connectivity index (χ4v) is 3.66. The molecule has 2 aromatic carbocycles. The van der Waals surface area contributed by atoms with Gasteiger partial charge in [-0.25, -0.2) is 4.79 Å². The van der Waals surface area contributed by atoms with Crippen LogP contribution in [0.15, 0.2) is 48.5 Å². The van der Waals surface area contributed by atoms with Crippen molar-refractivity contribution in [1.82, 2.24) is 4.90 Å². The number of hydrogen-bond donors (Lipinski definition) is 1. The van der Waals surface area contributed by atoms with E-state index in [1.165, 1.54) is 4.90 Å². The molecule has 26 heavy (non-hydrogen) atoms. The van der Waals surface area contributed by atoms with Crippen molar-refractivity contribution in [3.05, 3.63) is 70.8 Å². The Morgan fingerprint density at radius 1 is 0.962 bits per heavy atom. The minimum atomic E-state index is -0.940. The molecule has 0 aliphatic carbocycles. The minimum absolute atomic E-state index is 0.276. The highest BCUT2D eigenvalue weighted by Crippen LogP contribution is 2.27. The van der Waals surface area contributed by atoms with Crippen molar-refractivity contribution in [3.8, 4) is 0 Å². The second kappa shape index (κ2) is 6.29. The number of amides is 2. The molecule has 0 saturated heterocycles. The SMILES string of the molecule is NC(=O)C1Cc2ccccc2CN1C(=O)C1Cc2ccccc2C(=O)O1. The Labute approximate surface area is 150 Å². The van der Waals surface area contributed by atoms with Crippen molar-refractivity contribution >= 4 is 17.8 Å². The van der Waals surface area contributed by atoms with E-state index >= 15 is 0 Å². The highest BCUT2D eigenvalue weighted by Gasteiger charge is 2.40. The molecule has 0 radical (unpaired) electrons. The predicted molar refractivity (Wildman–Crippen MR) is 93.0 cm³/mol. The molecule has 6 nitrogen and oxygen atoms in total. The third-order valence-electron chi connectivity index (χ3n) is 5.03. The molecule has 4 rings (SSSR count). The molecule has 2 heterocycles. The van der Waals surface area contributed by atoms with Gasteiger partial charge in [0.15, 0.2) is 6.10 Å². The molecule has 0 fully saturated rings. The number of esters is 1. The average Bonchev–Trinajstić information content (AvgIpc) is 2.66. The van der Waals surface area contributed by atoms with Crippen LogP contribution >= 0.6 is 0 Å². The van der Waals surface area contributed by atoms with E-state index in [2.05, 4.69) is 0 Å². The first-order valence-corrected chi connectivity index (χ1v) is 8.50. The number of hydrogen-bond acceptors (Lipinski definition) is 4. The topological polar surface area (TPSA) is 89.7 Å². The average molecular weight is 350 g/mol. The second-order valence-corrected chi connectivity index (χ2v) is 6.61. The number of ether oxygens (including phenoxy) is 1. The van der Waals surface area contributed by atoms with Gasteiger partial charge in [-0.3, -0.25) is 9.59 Å². The van der Waals surface area contributed by atoms with Crippen LogP contribution in [-0.2, 0) is 33.7 Å². The second-order valence-electron chi connectivity index (χ2n) is 6.61. The largest absolute Gasteiger partial charge is 0.448 e. The Morgan fingerprint density at radius 3 is 2.35 bits per heavy atom. The van der Waals surface area contributed by atoms with E-state index in [-0.39, 0.29) is 12.5 Å². The van der Waals surface area contributed by atoms with Crippen LogP contribution in [0.4, 0.5) is 0 Å². The summed E-state index contributed by atoms with van der Waals surface area (Å²) in [4.78, 5) is 38.7. The van der Waals surface area contributed by atoms with Crippen LogP contribution in [0.2, 0.25) is 0 Å². The molecule has 6 heteroatoms. The highest BCUT2D eigenvalue weighted by atomic mass is 16.5. The quantitative estimate of drug-likeness (QED) is 0.825. The number of nitrogens with two attached hydrogens (primary N) is 1. The molecule has 2 unspecified atom stereocenters. The Kier molecular flexibility index (Phi) is 3.95. The lowest BCUT2D eigenvalue weighted by atomic mass is 9.92.